The average Bonchev–Trinajstić information content (AvgIpc) is 2.86. The van der Waals surface area contributed by atoms with E-state index in [0.29, 0.717) is 5.75 Å². The largest absolute Gasteiger partial charge is 0.497 e. The van der Waals surface area contributed by atoms with E-state index >= 15 is 0 Å². The number of carbonyl (C=O) groups is 2. The molecule has 1 unspecified atom stereocenters. The van der Waals surface area contributed by atoms with Crippen LogP contribution < -0.4 is 14.8 Å². The highest BCUT2D eigenvalue weighted by Crippen LogP contribution is 2.32. The molecule has 34 heavy (non-hydrogen) atoms. The number of nitrogens with one attached hydrogen (secondary N) is 1. The van der Waals surface area contributed by atoms with Crippen molar-refractivity contribution >= 4 is 22.6 Å². The average molecular weight is 462 g/mol. The zero-order valence-corrected chi connectivity index (χ0v) is 19.5. The summed E-state index contributed by atoms with van der Waals surface area (Å²) >= 11 is 0. The van der Waals surface area contributed by atoms with Crippen molar-refractivity contribution in [2.45, 2.75) is 50.5 Å². The second-order valence-corrected chi connectivity index (χ2v) is 8.88. The van der Waals surface area contributed by atoms with E-state index in [1.807, 2.05) is 60.7 Å². The van der Waals surface area contributed by atoms with Crippen LogP contribution in [-0.4, -0.2) is 36.7 Å². The number of carboxylic acid groups (broad SMARTS) is 1. The van der Waals surface area contributed by atoms with Gasteiger partial charge in [-0.2, -0.15) is 0 Å². The van der Waals surface area contributed by atoms with E-state index in [1.54, 1.807) is 7.11 Å². The molecule has 1 fully saturated rings. The number of fused-ring (bicyclic) bond motifs is 1. The molecule has 1 aliphatic carbocycles. The fourth-order valence-electron chi connectivity index (χ4n) is 4.65. The normalized spacial score (nSPS) is 15.0. The number of benzene rings is 3. The Morgan fingerprint density at radius 2 is 1.59 bits per heavy atom. The number of rotatable bonds is 9. The van der Waals surface area contributed by atoms with Crippen LogP contribution in [0.4, 0.5) is 0 Å². The van der Waals surface area contributed by atoms with Crippen molar-refractivity contribution in [2.75, 3.05) is 13.7 Å². The van der Waals surface area contributed by atoms with Gasteiger partial charge >= 0.3 is 5.97 Å². The van der Waals surface area contributed by atoms with Crippen molar-refractivity contribution in [3.63, 3.8) is 0 Å². The predicted octanol–water partition coefficient (Wildman–Crippen LogP) is 5.28. The Kier molecular flexibility index (Phi) is 7.68. The first-order valence-electron chi connectivity index (χ1n) is 11.8. The molecule has 4 rings (SSSR count). The van der Waals surface area contributed by atoms with Gasteiger partial charge in [0.25, 0.3) is 5.91 Å². The molecule has 178 valence electrons. The number of hydrogen-bond donors (Lipinski definition) is 2. The maximum atomic E-state index is 12.3. The predicted molar refractivity (Wildman–Crippen MR) is 132 cm³/mol. The number of aliphatic carboxylic acids is 1. The quantitative estimate of drug-likeness (QED) is 0.453. The lowest BCUT2D eigenvalue weighted by atomic mass is 9.87. The fraction of sp³-hybridized carbons (Fsp3) is 0.357. The second-order valence-electron chi connectivity index (χ2n) is 8.88. The molecule has 0 heterocycles. The lowest BCUT2D eigenvalue weighted by Crippen LogP contribution is -2.38. The summed E-state index contributed by atoms with van der Waals surface area (Å²) in [6.45, 7) is -0.0187. The summed E-state index contributed by atoms with van der Waals surface area (Å²) in [5.74, 6) is 0.0933. The Morgan fingerprint density at radius 1 is 0.912 bits per heavy atom. The van der Waals surface area contributed by atoms with Gasteiger partial charge in [-0.05, 0) is 59.0 Å². The fourth-order valence-corrected chi connectivity index (χ4v) is 4.65. The molecule has 0 aromatic heterocycles. The molecule has 0 bridgehead atoms. The van der Waals surface area contributed by atoms with Gasteiger partial charge in [-0.1, -0.05) is 55.7 Å². The molecule has 3 aromatic rings. The zero-order chi connectivity index (χ0) is 23.9. The van der Waals surface area contributed by atoms with E-state index in [4.69, 9.17) is 9.47 Å². The summed E-state index contributed by atoms with van der Waals surface area (Å²) in [5, 5.41) is 14.5. The number of hydrogen-bond acceptors (Lipinski definition) is 4. The van der Waals surface area contributed by atoms with Gasteiger partial charge in [0.05, 0.1) is 13.5 Å². The van der Waals surface area contributed by atoms with Gasteiger partial charge in [0.2, 0.25) is 0 Å². The smallest absolute Gasteiger partial charge is 0.304 e. The van der Waals surface area contributed by atoms with Crippen LogP contribution in [0.5, 0.6) is 11.5 Å². The molecule has 1 saturated carbocycles. The van der Waals surface area contributed by atoms with E-state index in [-0.39, 0.29) is 30.9 Å². The minimum Gasteiger partial charge on any atom is -0.497 e. The van der Waals surface area contributed by atoms with Crippen LogP contribution in [0.2, 0.25) is 0 Å². The first-order valence-corrected chi connectivity index (χ1v) is 11.8. The molecule has 2 N–H and O–H groups in total. The van der Waals surface area contributed by atoms with Crippen LogP contribution in [0.1, 0.15) is 55.6 Å². The first-order chi connectivity index (χ1) is 16.5. The van der Waals surface area contributed by atoms with Gasteiger partial charge in [-0.15, -0.1) is 0 Å². The third-order valence-electron chi connectivity index (χ3n) is 6.48. The van der Waals surface area contributed by atoms with Crippen molar-refractivity contribution in [1.29, 1.82) is 0 Å². The summed E-state index contributed by atoms with van der Waals surface area (Å²) < 4.78 is 11.0. The summed E-state index contributed by atoms with van der Waals surface area (Å²) in [6.07, 6.45) is 5.63. The maximum absolute atomic E-state index is 12.3. The molecule has 0 spiro atoms. The molecule has 1 aliphatic rings. The Morgan fingerprint density at radius 3 is 2.29 bits per heavy atom. The van der Waals surface area contributed by atoms with Crippen molar-refractivity contribution < 1.29 is 24.2 Å². The molecule has 0 aliphatic heterocycles. The number of amides is 1. The van der Waals surface area contributed by atoms with E-state index in [9.17, 15) is 14.7 Å². The third kappa shape index (κ3) is 6.07. The molecule has 0 saturated heterocycles. The van der Waals surface area contributed by atoms with Crippen LogP contribution >= 0.6 is 0 Å². The Hall–Kier alpha value is -3.54. The SMILES string of the molecule is COc1ccc(C(CC(=O)O)c2ccc3ccc(OCC(=O)NC4CCCCC4)cc3c2)cc1. The van der Waals surface area contributed by atoms with Crippen molar-refractivity contribution in [2.24, 2.45) is 0 Å². The zero-order valence-electron chi connectivity index (χ0n) is 19.5. The van der Waals surface area contributed by atoms with Gasteiger partial charge < -0.3 is 19.9 Å². The van der Waals surface area contributed by atoms with E-state index in [1.165, 1.54) is 6.42 Å². The second kappa shape index (κ2) is 11.1. The van der Waals surface area contributed by atoms with Crippen molar-refractivity contribution in [3.05, 3.63) is 71.8 Å². The van der Waals surface area contributed by atoms with Crippen LogP contribution in [0, 0.1) is 0 Å². The van der Waals surface area contributed by atoms with Gasteiger partial charge in [-0.25, -0.2) is 0 Å². The van der Waals surface area contributed by atoms with Gasteiger partial charge in [0, 0.05) is 12.0 Å². The van der Waals surface area contributed by atoms with Gasteiger partial charge in [0.1, 0.15) is 11.5 Å². The highest BCUT2D eigenvalue weighted by Gasteiger charge is 2.19. The Bertz CT molecular complexity index is 1140. The minimum atomic E-state index is -0.859. The molecule has 1 atom stereocenters. The molecular formula is C28H31NO5. The van der Waals surface area contributed by atoms with E-state index in [0.717, 1.165) is 53.3 Å². The van der Waals surface area contributed by atoms with Gasteiger partial charge in [-0.3, -0.25) is 9.59 Å². The summed E-state index contributed by atoms with van der Waals surface area (Å²) in [7, 11) is 1.60. The monoisotopic (exact) mass is 461 g/mol. The molecule has 0 radical (unpaired) electrons. The third-order valence-corrected chi connectivity index (χ3v) is 6.48. The standard InChI is InChI=1S/C28H31NO5/c1-33-24-12-10-20(11-13-24)26(17-28(31)32)21-8-7-19-9-14-25(16-22(19)15-21)34-18-27(30)29-23-5-3-2-4-6-23/h7-16,23,26H,2-6,17-18H2,1H3,(H,29,30)(H,31,32). The number of carbonyl (C=O) groups excluding carboxylic acids is 1. The van der Waals surface area contributed by atoms with Crippen LogP contribution in [0.25, 0.3) is 10.8 Å². The summed E-state index contributed by atoms with van der Waals surface area (Å²) in [4.78, 5) is 23.9. The van der Waals surface area contributed by atoms with E-state index < -0.39 is 5.97 Å². The molecule has 1 amide bonds. The number of methoxy groups -OCH3 is 1. The lowest BCUT2D eigenvalue weighted by molar-refractivity contribution is -0.137. The van der Waals surface area contributed by atoms with Crippen LogP contribution in [0.15, 0.2) is 60.7 Å². The van der Waals surface area contributed by atoms with Crippen molar-refractivity contribution in [1.82, 2.24) is 5.32 Å². The van der Waals surface area contributed by atoms with E-state index in [2.05, 4.69) is 5.32 Å². The Labute approximate surface area is 199 Å². The van der Waals surface area contributed by atoms with Gasteiger partial charge in [0.15, 0.2) is 6.61 Å². The number of carboxylic acids is 1. The molecule has 3 aromatic carbocycles. The number of ether oxygens (including phenoxy) is 2. The maximum Gasteiger partial charge on any atom is 0.304 e. The van der Waals surface area contributed by atoms with Crippen LogP contribution in [-0.2, 0) is 9.59 Å². The topological polar surface area (TPSA) is 84.9 Å². The minimum absolute atomic E-state index is 0.0185. The highest BCUT2D eigenvalue weighted by molar-refractivity contribution is 5.85. The molecular weight excluding hydrogens is 430 g/mol. The van der Waals surface area contributed by atoms with Crippen molar-refractivity contribution in [3.8, 4) is 11.5 Å². The first kappa shape index (κ1) is 23.6. The summed E-state index contributed by atoms with van der Waals surface area (Å²) in [6, 6.07) is 19.4. The Balaban J connectivity index is 1.50. The molecule has 6 nitrogen and oxygen atoms in total. The van der Waals surface area contributed by atoms with Crippen LogP contribution in [0.3, 0.4) is 0 Å². The highest BCUT2D eigenvalue weighted by atomic mass is 16.5. The summed E-state index contributed by atoms with van der Waals surface area (Å²) in [5.41, 5.74) is 1.82. The molecule has 6 heteroatoms. The lowest BCUT2D eigenvalue weighted by Gasteiger charge is -2.22.